The lowest BCUT2D eigenvalue weighted by atomic mass is 10.1. The molecule has 2 aliphatic heterocycles. The van der Waals surface area contributed by atoms with Gasteiger partial charge in [-0.1, -0.05) is 0 Å². The van der Waals surface area contributed by atoms with E-state index in [2.05, 4.69) is 5.32 Å². The fourth-order valence-electron chi connectivity index (χ4n) is 2.50. The molecule has 0 aromatic rings. The molecular formula is C11H20N2O3. The largest absolute Gasteiger partial charge is 0.377 e. The van der Waals surface area contributed by atoms with Crippen molar-refractivity contribution in [3.63, 3.8) is 0 Å². The third-order valence-corrected chi connectivity index (χ3v) is 3.54. The maximum absolute atomic E-state index is 12.1. The number of hydrogen-bond donors (Lipinski definition) is 1. The van der Waals surface area contributed by atoms with Crippen molar-refractivity contribution in [3.05, 3.63) is 0 Å². The Balaban J connectivity index is 1.93. The second-order valence-electron chi connectivity index (χ2n) is 4.48. The van der Waals surface area contributed by atoms with Crippen LogP contribution in [0.3, 0.4) is 0 Å². The average molecular weight is 228 g/mol. The standard InChI is InChI=1S/C11H20N2O3/c1-15-9-6-13(7-10(9)16-2)11(14)8-3-4-12-5-8/h8-10,12H,3-7H2,1-2H3/t8-,9-,10+/m0/s1. The highest BCUT2D eigenvalue weighted by Gasteiger charge is 2.38. The van der Waals surface area contributed by atoms with Crippen molar-refractivity contribution in [1.82, 2.24) is 10.2 Å². The Morgan fingerprint density at radius 3 is 2.31 bits per heavy atom. The summed E-state index contributed by atoms with van der Waals surface area (Å²) in [6.45, 7) is 3.07. The molecule has 2 aliphatic rings. The molecule has 0 bridgehead atoms. The van der Waals surface area contributed by atoms with E-state index in [1.165, 1.54) is 0 Å². The van der Waals surface area contributed by atoms with Crippen molar-refractivity contribution in [3.8, 4) is 0 Å². The lowest BCUT2D eigenvalue weighted by molar-refractivity contribution is -0.134. The van der Waals surface area contributed by atoms with Gasteiger partial charge in [0.15, 0.2) is 0 Å². The van der Waals surface area contributed by atoms with Crippen LogP contribution < -0.4 is 5.32 Å². The van der Waals surface area contributed by atoms with E-state index < -0.39 is 0 Å². The van der Waals surface area contributed by atoms with Crippen LogP contribution in [-0.4, -0.2) is 63.4 Å². The molecule has 5 heteroatoms. The number of hydrogen-bond acceptors (Lipinski definition) is 4. The van der Waals surface area contributed by atoms with E-state index in [4.69, 9.17) is 9.47 Å². The summed E-state index contributed by atoms with van der Waals surface area (Å²) < 4.78 is 10.6. The normalized spacial score (nSPS) is 34.6. The zero-order valence-corrected chi connectivity index (χ0v) is 9.94. The molecule has 5 nitrogen and oxygen atoms in total. The molecule has 0 radical (unpaired) electrons. The summed E-state index contributed by atoms with van der Waals surface area (Å²) in [6.07, 6.45) is 0.983. The predicted molar refractivity (Wildman–Crippen MR) is 59.2 cm³/mol. The number of nitrogens with zero attached hydrogens (tertiary/aromatic N) is 1. The highest BCUT2D eigenvalue weighted by Crippen LogP contribution is 2.20. The number of ether oxygens (including phenoxy) is 2. The Kier molecular flexibility index (Phi) is 3.78. The Morgan fingerprint density at radius 2 is 1.88 bits per heavy atom. The van der Waals surface area contributed by atoms with E-state index in [1.807, 2.05) is 4.90 Å². The number of amides is 1. The summed E-state index contributed by atoms with van der Waals surface area (Å²) in [4.78, 5) is 14.0. The summed E-state index contributed by atoms with van der Waals surface area (Å²) in [7, 11) is 3.34. The van der Waals surface area contributed by atoms with Gasteiger partial charge in [0.2, 0.25) is 5.91 Å². The van der Waals surface area contributed by atoms with Gasteiger partial charge in [-0.25, -0.2) is 0 Å². The Hall–Kier alpha value is -0.650. The number of carbonyl (C=O) groups is 1. The molecule has 1 N–H and O–H groups in total. The van der Waals surface area contributed by atoms with Crippen molar-refractivity contribution >= 4 is 5.91 Å². The first-order valence-corrected chi connectivity index (χ1v) is 5.81. The summed E-state index contributed by atoms with van der Waals surface area (Å²) >= 11 is 0. The summed E-state index contributed by atoms with van der Waals surface area (Å²) in [6, 6.07) is 0. The zero-order chi connectivity index (χ0) is 11.5. The molecule has 0 spiro atoms. The third-order valence-electron chi connectivity index (χ3n) is 3.54. The highest BCUT2D eigenvalue weighted by molar-refractivity contribution is 5.79. The quantitative estimate of drug-likeness (QED) is 0.705. The SMILES string of the molecule is CO[C@H]1CN(C(=O)[C@H]2CCNC2)C[C@H]1OC. The van der Waals surface area contributed by atoms with Gasteiger partial charge in [0, 0.05) is 33.9 Å². The fraction of sp³-hybridized carbons (Fsp3) is 0.909. The molecule has 3 atom stereocenters. The third kappa shape index (κ3) is 2.21. The van der Waals surface area contributed by atoms with Crippen LogP contribution in [0.15, 0.2) is 0 Å². The van der Waals surface area contributed by atoms with E-state index in [1.54, 1.807) is 14.2 Å². The topological polar surface area (TPSA) is 50.8 Å². The van der Waals surface area contributed by atoms with E-state index in [9.17, 15) is 4.79 Å². The van der Waals surface area contributed by atoms with E-state index in [0.717, 1.165) is 19.5 Å². The molecule has 2 fully saturated rings. The molecule has 0 saturated carbocycles. The minimum Gasteiger partial charge on any atom is -0.377 e. The van der Waals surface area contributed by atoms with Gasteiger partial charge in [-0.3, -0.25) is 4.79 Å². The first-order valence-electron chi connectivity index (χ1n) is 5.81. The van der Waals surface area contributed by atoms with Gasteiger partial charge >= 0.3 is 0 Å². The van der Waals surface area contributed by atoms with Crippen molar-refractivity contribution in [1.29, 1.82) is 0 Å². The number of methoxy groups -OCH3 is 2. The summed E-state index contributed by atoms with van der Waals surface area (Å²) in [5, 5.41) is 3.22. The van der Waals surface area contributed by atoms with E-state index in [-0.39, 0.29) is 24.0 Å². The lowest BCUT2D eigenvalue weighted by Crippen LogP contribution is -2.36. The van der Waals surface area contributed by atoms with Gasteiger partial charge in [0.05, 0.1) is 5.92 Å². The van der Waals surface area contributed by atoms with Crippen molar-refractivity contribution in [2.24, 2.45) is 5.92 Å². The van der Waals surface area contributed by atoms with Crippen LogP contribution in [0.5, 0.6) is 0 Å². The van der Waals surface area contributed by atoms with Crippen LogP contribution in [0.2, 0.25) is 0 Å². The Labute approximate surface area is 96.1 Å². The smallest absolute Gasteiger partial charge is 0.227 e. The molecule has 0 unspecified atom stereocenters. The first-order chi connectivity index (χ1) is 7.76. The van der Waals surface area contributed by atoms with Crippen LogP contribution in [0.1, 0.15) is 6.42 Å². The molecule has 2 rings (SSSR count). The number of likely N-dealkylation sites (tertiary alicyclic amines) is 1. The van der Waals surface area contributed by atoms with Crippen molar-refractivity contribution in [2.45, 2.75) is 18.6 Å². The monoisotopic (exact) mass is 228 g/mol. The molecule has 92 valence electrons. The van der Waals surface area contributed by atoms with Gasteiger partial charge in [-0.15, -0.1) is 0 Å². The summed E-state index contributed by atoms with van der Waals surface area (Å²) in [5.41, 5.74) is 0. The first kappa shape index (κ1) is 11.8. The van der Waals surface area contributed by atoms with Crippen LogP contribution in [0, 0.1) is 5.92 Å². The van der Waals surface area contributed by atoms with Crippen molar-refractivity contribution < 1.29 is 14.3 Å². The van der Waals surface area contributed by atoms with Crippen molar-refractivity contribution in [2.75, 3.05) is 40.4 Å². The second-order valence-corrected chi connectivity index (χ2v) is 4.48. The van der Waals surface area contributed by atoms with E-state index in [0.29, 0.717) is 13.1 Å². The molecule has 0 aromatic carbocycles. The van der Waals surface area contributed by atoms with Crippen LogP contribution in [-0.2, 0) is 14.3 Å². The molecule has 0 aliphatic carbocycles. The molecule has 0 aromatic heterocycles. The maximum Gasteiger partial charge on any atom is 0.227 e. The highest BCUT2D eigenvalue weighted by atomic mass is 16.5. The fourth-order valence-corrected chi connectivity index (χ4v) is 2.50. The molecule has 2 heterocycles. The number of carbonyl (C=O) groups excluding carboxylic acids is 1. The average Bonchev–Trinajstić information content (AvgIpc) is 2.96. The van der Waals surface area contributed by atoms with E-state index >= 15 is 0 Å². The molecule has 16 heavy (non-hydrogen) atoms. The Morgan fingerprint density at radius 1 is 1.25 bits per heavy atom. The molecular weight excluding hydrogens is 208 g/mol. The van der Waals surface area contributed by atoms with Gasteiger partial charge in [0.25, 0.3) is 0 Å². The number of rotatable bonds is 3. The lowest BCUT2D eigenvalue weighted by Gasteiger charge is -2.19. The molecule has 2 saturated heterocycles. The van der Waals surface area contributed by atoms with Gasteiger partial charge < -0.3 is 19.7 Å². The van der Waals surface area contributed by atoms with Crippen LogP contribution in [0.25, 0.3) is 0 Å². The minimum atomic E-state index is 0.0170. The van der Waals surface area contributed by atoms with Gasteiger partial charge in [0.1, 0.15) is 12.2 Å². The van der Waals surface area contributed by atoms with Gasteiger partial charge in [-0.2, -0.15) is 0 Å². The minimum absolute atomic E-state index is 0.0170. The zero-order valence-electron chi connectivity index (χ0n) is 9.94. The summed E-state index contributed by atoms with van der Waals surface area (Å²) in [5.74, 6) is 0.389. The van der Waals surface area contributed by atoms with Crippen LogP contribution in [0.4, 0.5) is 0 Å². The number of nitrogens with one attached hydrogen (secondary N) is 1. The second kappa shape index (κ2) is 5.12. The van der Waals surface area contributed by atoms with Crippen LogP contribution >= 0.6 is 0 Å². The van der Waals surface area contributed by atoms with Gasteiger partial charge in [-0.05, 0) is 13.0 Å². The maximum atomic E-state index is 12.1. The Bertz CT molecular complexity index is 242. The predicted octanol–water partition coefficient (Wildman–Crippen LogP) is -0.532. The molecule has 1 amide bonds.